The first-order chi connectivity index (χ1) is 7.72. The summed E-state index contributed by atoms with van der Waals surface area (Å²) in [6.07, 6.45) is 0. The van der Waals surface area contributed by atoms with Crippen molar-refractivity contribution in [2.45, 2.75) is 18.2 Å². The first-order valence-corrected chi connectivity index (χ1v) is 7.65. The average Bonchev–Trinajstić information content (AvgIpc) is 2.28. The Morgan fingerprint density at radius 1 is 1.56 bits per heavy atom. The number of hydrogen-bond donors (Lipinski definition) is 2. The van der Waals surface area contributed by atoms with Gasteiger partial charge in [0, 0.05) is 36.2 Å². The molecule has 2 atom stereocenters. The van der Waals surface area contributed by atoms with E-state index in [4.69, 9.17) is 4.74 Å². The molecular weight excluding hydrogens is 244 g/mol. The number of nitrogens with one attached hydrogen (secondary N) is 2. The van der Waals surface area contributed by atoms with E-state index in [0.29, 0.717) is 11.9 Å². The number of urea groups is 1. The number of methoxy groups -OCH3 is 1. The van der Waals surface area contributed by atoms with Crippen molar-refractivity contribution < 1.29 is 9.53 Å². The third kappa shape index (κ3) is 5.86. The lowest BCUT2D eigenvalue weighted by Gasteiger charge is -2.21. The normalized spacial score (nSPS) is 22.5. The molecule has 1 heterocycles. The van der Waals surface area contributed by atoms with Crippen LogP contribution in [0.3, 0.4) is 0 Å². The maximum atomic E-state index is 11.5. The Labute approximate surface area is 106 Å². The molecule has 1 aliphatic heterocycles. The van der Waals surface area contributed by atoms with E-state index in [-0.39, 0.29) is 12.1 Å². The monoisotopic (exact) mass is 264 g/mol. The lowest BCUT2D eigenvalue weighted by atomic mass is 10.4. The van der Waals surface area contributed by atoms with Crippen molar-refractivity contribution >= 4 is 29.6 Å². The van der Waals surface area contributed by atoms with Crippen molar-refractivity contribution in [1.82, 2.24) is 10.6 Å². The van der Waals surface area contributed by atoms with Gasteiger partial charge in [0.1, 0.15) is 0 Å². The largest absolute Gasteiger partial charge is 0.383 e. The van der Waals surface area contributed by atoms with Gasteiger partial charge in [-0.25, -0.2) is 4.79 Å². The molecular formula is C10H20N2O2S2. The van der Waals surface area contributed by atoms with Gasteiger partial charge >= 0.3 is 6.03 Å². The Hall–Kier alpha value is -0.0700. The van der Waals surface area contributed by atoms with Crippen molar-refractivity contribution in [3.63, 3.8) is 0 Å². The number of rotatable bonds is 5. The molecule has 0 spiro atoms. The lowest BCUT2D eigenvalue weighted by Crippen LogP contribution is -2.45. The Balaban J connectivity index is 2.09. The van der Waals surface area contributed by atoms with Gasteiger partial charge in [-0.2, -0.15) is 23.5 Å². The highest BCUT2D eigenvalue weighted by Gasteiger charge is 2.15. The van der Waals surface area contributed by atoms with Crippen LogP contribution in [0.1, 0.15) is 6.92 Å². The molecule has 16 heavy (non-hydrogen) atoms. The predicted octanol–water partition coefficient (Wildman–Crippen LogP) is 1.17. The van der Waals surface area contributed by atoms with Gasteiger partial charge in [0.2, 0.25) is 0 Å². The number of ether oxygens (including phenoxy) is 1. The summed E-state index contributed by atoms with van der Waals surface area (Å²) in [4.78, 5) is 11.5. The minimum absolute atomic E-state index is 0.0541. The number of amides is 2. The van der Waals surface area contributed by atoms with Crippen molar-refractivity contribution in [1.29, 1.82) is 0 Å². The maximum Gasteiger partial charge on any atom is 0.315 e. The summed E-state index contributed by atoms with van der Waals surface area (Å²) in [6.45, 7) is 3.22. The van der Waals surface area contributed by atoms with Gasteiger partial charge in [-0.3, -0.25) is 0 Å². The summed E-state index contributed by atoms with van der Waals surface area (Å²) < 4.78 is 4.95. The van der Waals surface area contributed by atoms with E-state index in [9.17, 15) is 4.79 Å². The molecule has 2 amide bonds. The fraction of sp³-hybridized carbons (Fsp3) is 0.900. The van der Waals surface area contributed by atoms with Crippen molar-refractivity contribution in [3.05, 3.63) is 0 Å². The SMILES string of the molecule is COC[C@H](C)NC(=O)NC[C@H]1CSCCS1. The summed E-state index contributed by atoms with van der Waals surface area (Å²) in [6, 6.07) is -0.0425. The first-order valence-electron chi connectivity index (χ1n) is 5.45. The molecule has 1 aliphatic rings. The molecule has 2 N–H and O–H groups in total. The van der Waals surface area contributed by atoms with Gasteiger partial charge in [-0.1, -0.05) is 0 Å². The molecule has 0 aromatic rings. The Kier molecular flexibility index (Phi) is 7.07. The third-order valence-electron chi connectivity index (χ3n) is 2.17. The highest BCUT2D eigenvalue weighted by Crippen LogP contribution is 2.23. The van der Waals surface area contributed by atoms with Gasteiger partial charge in [0.25, 0.3) is 0 Å². The van der Waals surface area contributed by atoms with E-state index in [1.165, 1.54) is 11.5 Å². The molecule has 0 radical (unpaired) electrons. The third-order valence-corrected chi connectivity index (χ3v) is 5.01. The zero-order valence-corrected chi connectivity index (χ0v) is 11.5. The summed E-state index contributed by atoms with van der Waals surface area (Å²) >= 11 is 3.91. The zero-order valence-electron chi connectivity index (χ0n) is 9.82. The van der Waals surface area contributed by atoms with Gasteiger partial charge in [0.15, 0.2) is 0 Å². The van der Waals surface area contributed by atoms with E-state index in [1.807, 2.05) is 30.4 Å². The molecule has 4 nitrogen and oxygen atoms in total. The Bertz CT molecular complexity index is 211. The van der Waals surface area contributed by atoms with Gasteiger partial charge in [0.05, 0.1) is 12.6 Å². The summed E-state index contributed by atoms with van der Waals surface area (Å²) in [7, 11) is 1.63. The second kappa shape index (κ2) is 8.08. The second-order valence-electron chi connectivity index (χ2n) is 3.78. The number of carbonyl (C=O) groups is 1. The van der Waals surface area contributed by atoms with Crippen LogP contribution in [-0.2, 0) is 4.74 Å². The minimum atomic E-state index is -0.0966. The smallest absolute Gasteiger partial charge is 0.315 e. The number of carbonyl (C=O) groups excluding carboxylic acids is 1. The lowest BCUT2D eigenvalue weighted by molar-refractivity contribution is 0.171. The molecule has 0 bridgehead atoms. The summed E-state index contributed by atoms with van der Waals surface area (Å²) in [5.41, 5.74) is 0. The van der Waals surface area contributed by atoms with Crippen LogP contribution < -0.4 is 10.6 Å². The van der Waals surface area contributed by atoms with Crippen molar-refractivity contribution in [2.75, 3.05) is 37.5 Å². The standard InChI is InChI=1S/C10H20N2O2S2/c1-8(6-14-2)12-10(13)11-5-9-7-15-3-4-16-9/h8-9H,3-7H2,1-2H3,(H2,11,12,13)/t8-,9-/m0/s1. The molecule has 94 valence electrons. The second-order valence-corrected chi connectivity index (χ2v) is 6.34. The molecule has 0 aromatic carbocycles. The Morgan fingerprint density at radius 3 is 3.00 bits per heavy atom. The minimum Gasteiger partial charge on any atom is -0.383 e. The van der Waals surface area contributed by atoms with E-state index in [1.54, 1.807) is 7.11 Å². The molecule has 0 aliphatic carbocycles. The van der Waals surface area contributed by atoms with E-state index in [0.717, 1.165) is 12.3 Å². The van der Waals surface area contributed by atoms with Crippen molar-refractivity contribution in [2.24, 2.45) is 0 Å². The maximum absolute atomic E-state index is 11.5. The van der Waals surface area contributed by atoms with Gasteiger partial charge in [-0.05, 0) is 6.92 Å². The first kappa shape index (κ1) is 14.0. The summed E-state index contributed by atoms with van der Waals surface area (Å²) in [5, 5.41) is 6.29. The highest BCUT2D eigenvalue weighted by atomic mass is 32.2. The summed E-state index contributed by atoms with van der Waals surface area (Å²) in [5.74, 6) is 3.56. The number of thioether (sulfide) groups is 2. The quantitative estimate of drug-likeness (QED) is 0.782. The average molecular weight is 264 g/mol. The van der Waals surface area contributed by atoms with Crippen LogP contribution in [0.4, 0.5) is 4.79 Å². The van der Waals surface area contributed by atoms with E-state index < -0.39 is 0 Å². The van der Waals surface area contributed by atoms with Crippen LogP contribution in [-0.4, -0.2) is 54.8 Å². The predicted molar refractivity (Wildman–Crippen MR) is 71.4 cm³/mol. The van der Waals surface area contributed by atoms with Gasteiger partial charge in [-0.15, -0.1) is 0 Å². The van der Waals surface area contributed by atoms with Crippen LogP contribution in [0.25, 0.3) is 0 Å². The van der Waals surface area contributed by atoms with Crippen LogP contribution in [0.5, 0.6) is 0 Å². The fourth-order valence-electron chi connectivity index (χ4n) is 1.43. The molecule has 1 rings (SSSR count). The van der Waals surface area contributed by atoms with E-state index in [2.05, 4.69) is 10.6 Å². The van der Waals surface area contributed by atoms with Gasteiger partial charge < -0.3 is 15.4 Å². The van der Waals surface area contributed by atoms with Crippen molar-refractivity contribution in [3.8, 4) is 0 Å². The molecule has 1 saturated heterocycles. The van der Waals surface area contributed by atoms with Crippen LogP contribution in [0.2, 0.25) is 0 Å². The molecule has 0 aromatic heterocycles. The highest BCUT2D eigenvalue weighted by molar-refractivity contribution is 8.06. The topological polar surface area (TPSA) is 50.4 Å². The van der Waals surface area contributed by atoms with Crippen LogP contribution >= 0.6 is 23.5 Å². The zero-order chi connectivity index (χ0) is 11.8. The number of hydrogen-bond acceptors (Lipinski definition) is 4. The molecule has 0 saturated carbocycles. The molecule has 6 heteroatoms. The fourth-order valence-corrected chi connectivity index (χ4v) is 4.04. The van der Waals surface area contributed by atoms with E-state index >= 15 is 0 Å². The molecule has 0 unspecified atom stereocenters. The van der Waals surface area contributed by atoms with Crippen LogP contribution in [0.15, 0.2) is 0 Å². The molecule has 1 fully saturated rings. The Morgan fingerprint density at radius 2 is 2.38 bits per heavy atom. The van der Waals surface area contributed by atoms with Crippen LogP contribution in [0, 0.1) is 0 Å².